The molecule has 0 bridgehead atoms. The van der Waals surface area contributed by atoms with Crippen LogP contribution in [0.25, 0.3) is 11.3 Å². The number of hydrogen-bond acceptors (Lipinski definition) is 4. The third-order valence-electron chi connectivity index (χ3n) is 4.53. The van der Waals surface area contributed by atoms with Gasteiger partial charge in [-0.05, 0) is 44.9 Å². The van der Waals surface area contributed by atoms with Crippen LogP contribution in [0.2, 0.25) is 0 Å². The maximum atomic E-state index is 12.0. The van der Waals surface area contributed by atoms with Gasteiger partial charge in [-0.3, -0.25) is 0 Å². The van der Waals surface area contributed by atoms with Crippen LogP contribution in [0.5, 0.6) is 0 Å². The topological polar surface area (TPSA) is 64.2 Å². The van der Waals surface area contributed by atoms with Gasteiger partial charge >= 0.3 is 5.97 Å². The number of esters is 1. The molecule has 0 saturated carbocycles. The largest absolute Gasteiger partial charge is 0.465 e. The monoisotopic (exact) mass is 314 g/mol. The summed E-state index contributed by atoms with van der Waals surface area (Å²) < 4.78 is 10.2. The number of aromatic amines is 1. The van der Waals surface area contributed by atoms with Gasteiger partial charge in [0.2, 0.25) is 0 Å². The Hall–Kier alpha value is -2.14. The Bertz CT molecular complexity index is 773. The number of hydrogen-bond donors (Lipinski definition) is 1. The molecule has 5 heteroatoms. The Labute approximate surface area is 136 Å². The van der Waals surface area contributed by atoms with Crippen molar-refractivity contribution in [2.75, 3.05) is 20.3 Å². The summed E-state index contributed by atoms with van der Waals surface area (Å²) in [4.78, 5) is 20.2. The van der Waals surface area contributed by atoms with Crippen LogP contribution in [0.3, 0.4) is 0 Å². The second-order valence-corrected chi connectivity index (χ2v) is 6.59. The van der Waals surface area contributed by atoms with Crippen LogP contribution in [0.4, 0.5) is 0 Å². The highest BCUT2D eigenvalue weighted by Gasteiger charge is 2.38. The summed E-state index contributed by atoms with van der Waals surface area (Å²) in [5, 5.41) is 0. The Morgan fingerprint density at radius 1 is 1.26 bits per heavy atom. The van der Waals surface area contributed by atoms with E-state index in [1.165, 1.54) is 7.11 Å². The fourth-order valence-electron chi connectivity index (χ4n) is 2.99. The number of aryl methyl sites for hydroxylation is 3. The number of H-pyrrole nitrogens is 1. The predicted octanol–water partition coefficient (Wildman–Crippen LogP) is 3.08. The zero-order valence-corrected chi connectivity index (χ0v) is 14.2. The number of nitrogens with one attached hydrogen (secondary N) is 1. The van der Waals surface area contributed by atoms with Crippen LogP contribution in [-0.4, -0.2) is 36.3 Å². The number of aromatic nitrogens is 2. The van der Waals surface area contributed by atoms with Gasteiger partial charge in [0.05, 0.1) is 37.0 Å². The summed E-state index contributed by atoms with van der Waals surface area (Å²) in [5.74, 6) is 0.618. The summed E-state index contributed by atoms with van der Waals surface area (Å²) in [6.45, 7) is 9.45. The van der Waals surface area contributed by atoms with Crippen molar-refractivity contribution in [1.82, 2.24) is 9.97 Å². The lowest BCUT2D eigenvalue weighted by molar-refractivity contribution is -0.0539. The van der Waals surface area contributed by atoms with E-state index in [0.29, 0.717) is 18.8 Å². The number of rotatable bonds is 3. The first-order chi connectivity index (χ1) is 10.9. The SMILES string of the molecule is COC(=O)c1cc(-c2nc(C3(C)COC3)[nH]c2C)c(C)cc1C. The van der Waals surface area contributed by atoms with Crippen molar-refractivity contribution in [1.29, 1.82) is 0 Å². The van der Waals surface area contributed by atoms with E-state index >= 15 is 0 Å². The van der Waals surface area contributed by atoms with Crippen LogP contribution in [0.1, 0.15) is 39.9 Å². The minimum atomic E-state index is -0.323. The van der Waals surface area contributed by atoms with E-state index in [-0.39, 0.29) is 11.4 Å². The average Bonchev–Trinajstić information content (AvgIpc) is 2.86. The summed E-state index contributed by atoms with van der Waals surface area (Å²) in [6.07, 6.45) is 0. The molecule has 1 fully saturated rings. The molecular weight excluding hydrogens is 292 g/mol. The number of carbonyl (C=O) groups excluding carboxylic acids is 1. The van der Waals surface area contributed by atoms with Gasteiger partial charge in [0.25, 0.3) is 0 Å². The highest BCUT2D eigenvalue weighted by atomic mass is 16.5. The van der Waals surface area contributed by atoms with Gasteiger partial charge in [-0.25, -0.2) is 9.78 Å². The Balaban J connectivity index is 2.10. The molecule has 1 aliphatic rings. The van der Waals surface area contributed by atoms with Crippen LogP contribution in [0, 0.1) is 20.8 Å². The molecule has 1 N–H and O–H groups in total. The number of carbonyl (C=O) groups is 1. The van der Waals surface area contributed by atoms with Crippen molar-refractivity contribution >= 4 is 5.97 Å². The average molecular weight is 314 g/mol. The molecule has 1 aliphatic heterocycles. The number of imidazole rings is 1. The van der Waals surface area contributed by atoms with E-state index in [4.69, 9.17) is 14.5 Å². The fraction of sp³-hybridized carbons (Fsp3) is 0.444. The number of nitrogens with zero attached hydrogens (tertiary/aromatic N) is 1. The van der Waals surface area contributed by atoms with Crippen molar-refractivity contribution in [3.8, 4) is 11.3 Å². The Morgan fingerprint density at radius 2 is 1.96 bits per heavy atom. The minimum Gasteiger partial charge on any atom is -0.465 e. The van der Waals surface area contributed by atoms with E-state index in [0.717, 1.165) is 33.9 Å². The van der Waals surface area contributed by atoms with E-state index < -0.39 is 0 Å². The zero-order chi connectivity index (χ0) is 16.8. The third-order valence-corrected chi connectivity index (χ3v) is 4.53. The molecule has 3 rings (SSSR count). The Morgan fingerprint density at radius 3 is 2.52 bits per heavy atom. The third kappa shape index (κ3) is 2.55. The molecule has 2 aromatic rings. The van der Waals surface area contributed by atoms with Gasteiger partial charge in [0, 0.05) is 11.3 Å². The lowest BCUT2D eigenvalue weighted by atomic mass is 9.88. The lowest BCUT2D eigenvalue weighted by Gasteiger charge is -2.36. The summed E-state index contributed by atoms with van der Waals surface area (Å²) in [5.41, 5.74) is 5.37. The van der Waals surface area contributed by atoms with Crippen molar-refractivity contribution in [3.05, 3.63) is 40.3 Å². The smallest absolute Gasteiger partial charge is 0.338 e. The minimum absolute atomic E-state index is 0.0488. The summed E-state index contributed by atoms with van der Waals surface area (Å²) in [6, 6.07) is 3.88. The van der Waals surface area contributed by atoms with Gasteiger partial charge in [0.1, 0.15) is 5.82 Å². The maximum absolute atomic E-state index is 12.0. The predicted molar refractivity (Wildman–Crippen MR) is 87.7 cm³/mol. The van der Waals surface area contributed by atoms with Crippen LogP contribution >= 0.6 is 0 Å². The normalized spacial score (nSPS) is 16.0. The maximum Gasteiger partial charge on any atom is 0.338 e. The van der Waals surface area contributed by atoms with E-state index in [2.05, 4.69) is 11.9 Å². The molecule has 0 amide bonds. The molecule has 0 spiro atoms. The highest BCUT2D eigenvalue weighted by molar-refractivity contribution is 5.93. The molecule has 2 heterocycles. The summed E-state index contributed by atoms with van der Waals surface area (Å²) in [7, 11) is 1.40. The molecule has 122 valence electrons. The van der Waals surface area contributed by atoms with E-state index in [1.807, 2.05) is 32.9 Å². The zero-order valence-electron chi connectivity index (χ0n) is 14.2. The van der Waals surface area contributed by atoms with Gasteiger partial charge in [0.15, 0.2) is 0 Å². The molecule has 0 aliphatic carbocycles. The van der Waals surface area contributed by atoms with Crippen molar-refractivity contribution in [2.45, 2.75) is 33.1 Å². The first-order valence-electron chi connectivity index (χ1n) is 7.70. The molecule has 5 nitrogen and oxygen atoms in total. The molecule has 1 aromatic carbocycles. The van der Waals surface area contributed by atoms with E-state index in [1.54, 1.807) is 0 Å². The lowest BCUT2D eigenvalue weighted by Crippen LogP contribution is -2.44. The second kappa shape index (κ2) is 5.49. The number of ether oxygens (including phenoxy) is 2. The van der Waals surface area contributed by atoms with Crippen LogP contribution in [0.15, 0.2) is 12.1 Å². The first kappa shape index (κ1) is 15.7. The molecular formula is C18H22N2O3. The second-order valence-electron chi connectivity index (χ2n) is 6.59. The van der Waals surface area contributed by atoms with Crippen molar-refractivity contribution in [3.63, 3.8) is 0 Å². The van der Waals surface area contributed by atoms with Crippen molar-refractivity contribution < 1.29 is 14.3 Å². The standard InChI is InChI=1S/C18H22N2O3/c1-10-6-11(2)14(16(21)22-5)7-13(10)15-12(3)19-17(20-15)18(4)8-23-9-18/h6-7H,8-9H2,1-5H3,(H,19,20). The van der Waals surface area contributed by atoms with Gasteiger partial charge < -0.3 is 14.5 Å². The van der Waals surface area contributed by atoms with E-state index in [9.17, 15) is 4.79 Å². The first-order valence-corrected chi connectivity index (χ1v) is 7.70. The Kier molecular flexibility index (Phi) is 3.76. The number of benzene rings is 1. The summed E-state index contributed by atoms with van der Waals surface area (Å²) >= 11 is 0. The highest BCUT2D eigenvalue weighted by Crippen LogP contribution is 2.34. The van der Waals surface area contributed by atoms with Crippen LogP contribution < -0.4 is 0 Å². The molecule has 1 saturated heterocycles. The van der Waals surface area contributed by atoms with Crippen LogP contribution in [-0.2, 0) is 14.9 Å². The quantitative estimate of drug-likeness (QED) is 0.884. The van der Waals surface area contributed by atoms with Crippen molar-refractivity contribution in [2.24, 2.45) is 0 Å². The molecule has 23 heavy (non-hydrogen) atoms. The van der Waals surface area contributed by atoms with Gasteiger partial charge in [-0.1, -0.05) is 6.07 Å². The van der Waals surface area contributed by atoms with Gasteiger partial charge in [-0.15, -0.1) is 0 Å². The molecule has 0 atom stereocenters. The number of methoxy groups -OCH3 is 1. The molecule has 1 aromatic heterocycles. The molecule has 0 radical (unpaired) electrons. The van der Waals surface area contributed by atoms with Gasteiger partial charge in [-0.2, -0.15) is 0 Å². The molecule has 0 unspecified atom stereocenters. The fourth-order valence-corrected chi connectivity index (χ4v) is 2.99.